The second-order valence-corrected chi connectivity index (χ2v) is 3.85. The van der Waals surface area contributed by atoms with Crippen LogP contribution in [0, 0.1) is 6.92 Å². The zero-order valence-corrected chi connectivity index (χ0v) is 9.38. The highest BCUT2D eigenvalue weighted by Gasteiger charge is 1.97. The van der Waals surface area contributed by atoms with E-state index in [0.29, 0.717) is 0 Å². The lowest BCUT2D eigenvalue weighted by Gasteiger charge is -2.07. The minimum atomic E-state index is 0.106. The Kier molecular flexibility index (Phi) is 4.22. The maximum Gasteiger partial charge on any atom is 0.250 e. The first-order chi connectivity index (χ1) is 6.25. The van der Waals surface area contributed by atoms with E-state index in [1.165, 1.54) is 0 Å². The van der Waals surface area contributed by atoms with Crippen molar-refractivity contribution in [3.05, 3.63) is 34.2 Å². The molecular formula is C10H14BrNO. The van der Waals surface area contributed by atoms with E-state index in [0.717, 1.165) is 30.4 Å². The Bertz CT molecular complexity index is 319. The molecule has 0 N–H and O–H groups in total. The molecule has 0 saturated carbocycles. The van der Waals surface area contributed by atoms with E-state index in [-0.39, 0.29) is 5.56 Å². The summed E-state index contributed by atoms with van der Waals surface area (Å²) < 4.78 is 1.82. The van der Waals surface area contributed by atoms with Crippen molar-refractivity contribution >= 4 is 15.9 Å². The SMILES string of the molecule is Cc1cccc(=O)n1CCCCBr. The van der Waals surface area contributed by atoms with Gasteiger partial charge in [-0.05, 0) is 25.8 Å². The zero-order valence-electron chi connectivity index (χ0n) is 7.79. The van der Waals surface area contributed by atoms with E-state index >= 15 is 0 Å². The first kappa shape index (κ1) is 10.5. The fourth-order valence-corrected chi connectivity index (χ4v) is 1.67. The van der Waals surface area contributed by atoms with Crippen LogP contribution in [-0.4, -0.2) is 9.90 Å². The number of pyridine rings is 1. The van der Waals surface area contributed by atoms with Crippen LogP contribution in [0.2, 0.25) is 0 Å². The molecule has 0 aromatic carbocycles. The van der Waals surface area contributed by atoms with Crippen molar-refractivity contribution in [2.24, 2.45) is 0 Å². The van der Waals surface area contributed by atoms with Crippen LogP contribution in [0.5, 0.6) is 0 Å². The summed E-state index contributed by atoms with van der Waals surface area (Å²) in [5.74, 6) is 0. The zero-order chi connectivity index (χ0) is 9.68. The molecule has 0 aliphatic rings. The number of aryl methyl sites for hydroxylation is 1. The van der Waals surface area contributed by atoms with Crippen LogP contribution in [0.15, 0.2) is 23.0 Å². The first-order valence-corrected chi connectivity index (χ1v) is 5.60. The van der Waals surface area contributed by atoms with Crippen LogP contribution in [0.4, 0.5) is 0 Å². The smallest absolute Gasteiger partial charge is 0.250 e. The van der Waals surface area contributed by atoms with E-state index in [2.05, 4.69) is 15.9 Å². The summed E-state index contributed by atoms with van der Waals surface area (Å²) in [5.41, 5.74) is 1.15. The van der Waals surface area contributed by atoms with Crippen molar-refractivity contribution in [3.63, 3.8) is 0 Å². The summed E-state index contributed by atoms with van der Waals surface area (Å²) in [5, 5.41) is 1.01. The second-order valence-electron chi connectivity index (χ2n) is 3.05. The molecule has 2 nitrogen and oxygen atoms in total. The Morgan fingerprint density at radius 1 is 1.38 bits per heavy atom. The van der Waals surface area contributed by atoms with E-state index in [9.17, 15) is 4.79 Å². The van der Waals surface area contributed by atoms with Gasteiger partial charge in [-0.2, -0.15) is 0 Å². The lowest BCUT2D eigenvalue weighted by Crippen LogP contribution is -2.20. The normalized spacial score (nSPS) is 10.3. The highest BCUT2D eigenvalue weighted by molar-refractivity contribution is 9.09. The molecule has 0 radical (unpaired) electrons. The Morgan fingerprint density at radius 2 is 2.15 bits per heavy atom. The third-order valence-electron chi connectivity index (χ3n) is 2.03. The molecule has 0 aliphatic carbocycles. The van der Waals surface area contributed by atoms with Gasteiger partial charge in [-0.25, -0.2) is 0 Å². The Labute approximate surface area is 86.7 Å². The van der Waals surface area contributed by atoms with Crippen LogP contribution in [0.3, 0.4) is 0 Å². The highest BCUT2D eigenvalue weighted by Crippen LogP contribution is 1.99. The maximum atomic E-state index is 11.4. The Balaban J connectivity index is 2.70. The van der Waals surface area contributed by atoms with Gasteiger partial charge in [-0.15, -0.1) is 0 Å². The van der Waals surface area contributed by atoms with Crippen LogP contribution in [-0.2, 0) is 6.54 Å². The third-order valence-corrected chi connectivity index (χ3v) is 2.59. The lowest BCUT2D eigenvalue weighted by atomic mass is 10.3. The molecule has 3 heteroatoms. The van der Waals surface area contributed by atoms with Crippen LogP contribution < -0.4 is 5.56 Å². The number of unbranched alkanes of at least 4 members (excludes halogenated alkanes) is 1. The molecule has 0 amide bonds. The van der Waals surface area contributed by atoms with Gasteiger partial charge in [0.1, 0.15) is 0 Å². The van der Waals surface area contributed by atoms with Gasteiger partial charge in [0.15, 0.2) is 0 Å². The predicted octanol–water partition coefficient (Wildman–Crippen LogP) is 2.33. The van der Waals surface area contributed by atoms with Crippen molar-refractivity contribution < 1.29 is 0 Å². The van der Waals surface area contributed by atoms with Crippen molar-refractivity contribution in [1.82, 2.24) is 4.57 Å². The summed E-state index contributed by atoms with van der Waals surface area (Å²) in [6, 6.07) is 5.38. The van der Waals surface area contributed by atoms with Gasteiger partial charge in [0.05, 0.1) is 0 Å². The molecule has 1 aromatic rings. The third kappa shape index (κ3) is 2.99. The second kappa shape index (κ2) is 5.22. The maximum absolute atomic E-state index is 11.4. The summed E-state index contributed by atoms with van der Waals surface area (Å²) in [4.78, 5) is 11.4. The van der Waals surface area contributed by atoms with Gasteiger partial charge in [0.25, 0.3) is 5.56 Å². The topological polar surface area (TPSA) is 22.0 Å². The van der Waals surface area contributed by atoms with Gasteiger partial charge in [0.2, 0.25) is 0 Å². The van der Waals surface area contributed by atoms with Crippen LogP contribution in [0.25, 0.3) is 0 Å². The monoisotopic (exact) mass is 243 g/mol. The minimum Gasteiger partial charge on any atom is -0.313 e. The van der Waals surface area contributed by atoms with Crippen molar-refractivity contribution in [3.8, 4) is 0 Å². The van der Waals surface area contributed by atoms with Crippen LogP contribution >= 0.6 is 15.9 Å². The van der Waals surface area contributed by atoms with Crippen LogP contribution in [0.1, 0.15) is 18.5 Å². The molecule has 72 valence electrons. The number of aromatic nitrogens is 1. The quantitative estimate of drug-likeness (QED) is 0.588. The first-order valence-electron chi connectivity index (χ1n) is 4.48. The van der Waals surface area contributed by atoms with Gasteiger partial charge in [-0.3, -0.25) is 4.79 Å². The molecule has 1 heterocycles. The number of hydrogen-bond donors (Lipinski definition) is 0. The average Bonchev–Trinajstić information content (AvgIpc) is 2.10. The Morgan fingerprint density at radius 3 is 2.77 bits per heavy atom. The summed E-state index contributed by atoms with van der Waals surface area (Å²) in [7, 11) is 0. The molecule has 0 unspecified atom stereocenters. The minimum absolute atomic E-state index is 0.106. The number of alkyl halides is 1. The van der Waals surface area contributed by atoms with Gasteiger partial charge < -0.3 is 4.57 Å². The van der Waals surface area contributed by atoms with E-state index in [1.807, 2.05) is 17.6 Å². The standard InChI is InChI=1S/C10H14BrNO/c1-9-5-4-6-10(13)12(9)8-3-2-7-11/h4-6H,2-3,7-8H2,1H3. The van der Waals surface area contributed by atoms with Gasteiger partial charge in [0, 0.05) is 23.6 Å². The van der Waals surface area contributed by atoms with Gasteiger partial charge in [-0.1, -0.05) is 22.0 Å². The molecule has 0 saturated heterocycles. The van der Waals surface area contributed by atoms with Crippen molar-refractivity contribution in [2.75, 3.05) is 5.33 Å². The summed E-state index contributed by atoms with van der Waals surface area (Å²) in [6.07, 6.45) is 2.16. The molecule has 0 fully saturated rings. The molecule has 1 aromatic heterocycles. The fraction of sp³-hybridized carbons (Fsp3) is 0.500. The molecule has 0 spiro atoms. The summed E-state index contributed by atoms with van der Waals surface area (Å²) >= 11 is 3.37. The molecular weight excluding hydrogens is 230 g/mol. The average molecular weight is 244 g/mol. The molecule has 0 atom stereocenters. The van der Waals surface area contributed by atoms with E-state index in [1.54, 1.807) is 12.1 Å². The van der Waals surface area contributed by atoms with E-state index in [4.69, 9.17) is 0 Å². The molecule has 0 aliphatic heterocycles. The van der Waals surface area contributed by atoms with Gasteiger partial charge >= 0.3 is 0 Å². The molecule has 0 bridgehead atoms. The van der Waals surface area contributed by atoms with Crippen molar-refractivity contribution in [2.45, 2.75) is 26.3 Å². The molecule has 1 rings (SSSR count). The van der Waals surface area contributed by atoms with E-state index < -0.39 is 0 Å². The molecule has 13 heavy (non-hydrogen) atoms. The lowest BCUT2D eigenvalue weighted by molar-refractivity contribution is 0.602. The number of halogens is 1. The summed E-state index contributed by atoms with van der Waals surface area (Å²) in [6.45, 7) is 2.80. The highest BCUT2D eigenvalue weighted by atomic mass is 79.9. The number of rotatable bonds is 4. The largest absolute Gasteiger partial charge is 0.313 e. The number of hydrogen-bond acceptors (Lipinski definition) is 1. The Hall–Kier alpha value is -0.570. The predicted molar refractivity (Wildman–Crippen MR) is 58.5 cm³/mol. The van der Waals surface area contributed by atoms with Crippen molar-refractivity contribution in [1.29, 1.82) is 0 Å². The fourth-order valence-electron chi connectivity index (χ4n) is 1.27. The number of nitrogens with zero attached hydrogens (tertiary/aromatic N) is 1.